The minimum atomic E-state index is -3.78. The molecule has 0 spiro atoms. The highest BCUT2D eigenvalue weighted by molar-refractivity contribution is 7.87. The molecule has 112 valence electrons. The van der Waals surface area contributed by atoms with Crippen molar-refractivity contribution >= 4 is 16.3 Å². The molecule has 0 aliphatic carbocycles. The Morgan fingerprint density at radius 1 is 1.42 bits per heavy atom. The van der Waals surface area contributed by atoms with Crippen molar-refractivity contribution in [1.82, 2.24) is 14.3 Å². The van der Waals surface area contributed by atoms with E-state index in [0.717, 1.165) is 25.9 Å². The fourth-order valence-electron chi connectivity index (χ4n) is 2.09. The number of nitrogens with one attached hydrogen (secondary N) is 2. The molecule has 0 aromatic carbocycles. The molecular formula is C11H23N3O4S. The molecule has 1 saturated heterocycles. The fraction of sp³-hybridized carbons (Fsp3) is 0.909. The van der Waals surface area contributed by atoms with Crippen molar-refractivity contribution in [2.75, 3.05) is 32.8 Å². The highest BCUT2D eigenvalue weighted by Gasteiger charge is 2.30. The van der Waals surface area contributed by atoms with Gasteiger partial charge in [-0.15, -0.1) is 0 Å². The second-order valence-corrected chi connectivity index (χ2v) is 6.17. The third-order valence-electron chi connectivity index (χ3n) is 2.99. The normalized spacial score (nSPS) is 21.1. The van der Waals surface area contributed by atoms with Crippen LogP contribution in [0.5, 0.6) is 0 Å². The van der Waals surface area contributed by atoms with Crippen LogP contribution in [0.2, 0.25) is 0 Å². The zero-order chi connectivity index (χ0) is 14.3. The summed E-state index contributed by atoms with van der Waals surface area (Å²) in [5.41, 5.74) is 0. The smallest absolute Gasteiger partial charge is 0.421 e. The van der Waals surface area contributed by atoms with Crippen LogP contribution >= 0.6 is 0 Å². The molecule has 0 aromatic rings. The van der Waals surface area contributed by atoms with Crippen molar-refractivity contribution in [3.63, 3.8) is 0 Å². The molecular weight excluding hydrogens is 270 g/mol. The molecule has 1 rings (SSSR count). The molecule has 8 heteroatoms. The molecule has 1 atom stereocenters. The Hall–Kier alpha value is -0.860. The van der Waals surface area contributed by atoms with Gasteiger partial charge in [0.05, 0.1) is 6.61 Å². The molecule has 19 heavy (non-hydrogen) atoms. The number of rotatable bonds is 6. The Morgan fingerprint density at radius 2 is 2.16 bits per heavy atom. The van der Waals surface area contributed by atoms with Gasteiger partial charge in [0.25, 0.3) is 0 Å². The van der Waals surface area contributed by atoms with Gasteiger partial charge in [0.1, 0.15) is 0 Å². The van der Waals surface area contributed by atoms with Gasteiger partial charge in [-0.2, -0.15) is 12.7 Å². The van der Waals surface area contributed by atoms with Crippen LogP contribution in [0.25, 0.3) is 0 Å². The Bertz CT molecular complexity index is 385. The molecule has 7 nitrogen and oxygen atoms in total. The molecule has 0 radical (unpaired) electrons. The zero-order valence-electron chi connectivity index (χ0n) is 11.5. The second-order valence-electron chi connectivity index (χ2n) is 4.50. The van der Waals surface area contributed by atoms with Crippen LogP contribution in [0.1, 0.15) is 26.7 Å². The maximum Gasteiger partial charge on any atom is 0.421 e. The number of nitrogens with zero attached hydrogens (tertiary/aromatic N) is 1. The summed E-state index contributed by atoms with van der Waals surface area (Å²) in [4.78, 5) is 11.2. The van der Waals surface area contributed by atoms with Gasteiger partial charge < -0.3 is 10.1 Å². The van der Waals surface area contributed by atoms with Crippen LogP contribution in [0.3, 0.4) is 0 Å². The van der Waals surface area contributed by atoms with E-state index in [4.69, 9.17) is 0 Å². The Labute approximate surface area is 114 Å². The summed E-state index contributed by atoms with van der Waals surface area (Å²) in [6.45, 7) is 6.31. The average molecular weight is 293 g/mol. The summed E-state index contributed by atoms with van der Waals surface area (Å²) < 4.78 is 31.8. The summed E-state index contributed by atoms with van der Waals surface area (Å²) >= 11 is 0. The van der Waals surface area contributed by atoms with Crippen LogP contribution < -0.4 is 10.0 Å². The number of piperidine rings is 1. The molecule has 1 fully saturated rings. The third-order valence-corrected chi connectivity index (χ3v) is 4.43. The van der Waals surface area contributed by atoms with E-state index in [0.29, 0.717) is 13.1 Å². The highest BCUT2D eigenvalue weighted by Crippen LogP contribution is 2.17. The number of hydrogen-bond acceptors (Lipinski definition) is 5. The molecule has 1 heterocycles. The molecule has 1 aliphatic heterocycles. The Kier molecular flexibility index (Phi) is 6.53. The van der Waals surface area contributed by atoms with Crippen LogP contribution in [0.4, 0.5) is 4.79 Å². The Balaban J connectivity index is 2.55. The van der Waals surface area contributed by atoms with Gasteiger partial charge >= 0.3 is 16.3 Å². The molecule has 0 aromatic heterocycles. The van der Waals surface area contributed by atoms with Gasteiger partial charge in [-0.05, 0) is 38.8 Å². The van der Waals surface area contributed by atoms with Crippen molar-refractivity contribution in [3.05, 3.63) is 0 Å². The predicted octanol–water partition coefficient (Wildman–Crippen LogP) is 0.299. The monoisotopic (exact) mass is 293 g/mol. The van der Waals surface area contributed by atoms with Gasteiger partial charge in [-0.1, -0.05) is 6.92 Å². The minimum Gasteiger partial charge on any atom is -0.449 e. The molecule has 0 bridgehead atoms. The van der Waals surface area contributed by atoms with E-state index < -0.39 is 16.3 Å². The summed E-state index contributed by atoms with van der Waals surface area (Å²) in [5.74, 6) is 0.285. The maximum absolute atomic E-state index is 12.0. The summed E-state index contributed by atoms with van der Waals surface area (Å²) in [6.07, 6.45) is 0.884. The summed E-state index contributed by atoms with van der Waals surface area (Å²) in [5, 5.41) is 3.22. The van der Waals surface area contributed by atoms with E-state index >= 15 is 0 Å². The molecule has 1 aliphatic rings. The largest absolute Gasteiger partial charge is 0.449 e. The predicted molar refractivity (Wildman–Crippen MR) is 71.9 cm³/mol. The lowest BCUT2D eigenvalue weighted by atomic mass is 10.00. The van der Waals surface area contributed by atoms with Gasteiger partial charge in [-0.25, -0.2) is 9.52 Å². The van der Waals surface area contributed by atoms with E-state index in [9.17, 15) is 13.2 Å². The lowest BCUT2D eigenvalue weighted by Gasteiger charge is -2.31. The lowest BCUT2D eigenvalue weighted by Crippen LogP contribution is -2.49. The Morgan fingerprint density at radius 3 is 2.79 bits per heavy atom. The summed E-state index contributed by atoms with van der Waals surface area (Å²) in [7, 11) is -3.78. The lowest BCUT2D eigenvalue weighted by molar-refractivity contribution is 0.157. The minimum absolute atomic E-state index is 0.143. The SMILES string of the molecule is CCNCC1CCCN(S(=O)(=O)NC(=O)OCC)C1. The zero-order valence-corrected chi connectivity index (χ0v) is 12.3. The van der Waals surface area contributed by atoms with Crippen LogP contribution in [0, 0.1) is 5.92 Å². The molecule has 1 amide bonds. The number of hydrogen-bond donors (Lipinski definition) is 2. The first-order valence-corrected chi connectivity index (χ1v) is 8.09. The topological polar surface area (TPSA) is 87.7 Å². The van der Waals surface area contributed by atoms with Gasteiger partial charge in [0.2, 0.25) is 0 Å². The van der Waals surface area contributed by atoms with Crippen molar-refractivity contribution < 1.29 is 17.9 Å². The van der Waals surface area contributed by atoms with E-state index in [1.54, 1.807) is 6.92 Å². The first-order valence-electron chi connectivity index (χ1n) is 6.65. The highest BCUT2D eigenvalue weighted by atomic mass is 32.2. The number of carbonyl (C=O) groups is 1. The summed E-state index contributed by atoms with van der Waals surface area (Å²) in [6, 6.07) is 0. The van der Waals surface area contributed by atoms with E-state index in [2.05, 4.69) is 10.1 Å². The van der Waals surface area contributed by atoms with Crippen molar-refractivity contribution in [3.8, 4) is 0 Å². The van der Waals surface area contributed by atoms with Gasteiger partial charge in [-0.3, -0.25) is 0 Å². The number of carbonyl (C=O) groups excluding carboxylic acids is 1. The van der Waals surface area contributed by atoms with Gasteiger partial charge in [0, 0.05) is 13.1 Å². The van der Waals surface area contributed by atoms with E-state index in [1.165, 1.54) is 4.31 Å². The third kappa shape index (κ3) is 5.33. The molecule has 1 unspecified atom stereocenters. The quantitative estimate of drug-likeness (QED) is 0.735. The molecule has 2 N–H and O–H groups in total. The second kappa shape index (κ2) is 7.66. The maximum atomic E-state index is 12.0. The van der Waals surface area contributed by atoms with Gasteiger partial charge in [0.15, 0.2) is 0 Å². The number of amides is 1. The van der Waals surface area contributed by atoms with Crippen LogP contribution in [-0.2, 0) is 14.9 Å². The first kappa shape index (κ1) is 16.2. The molecule has 0 saturated carbocycles. The van der Waals surface area contributed by atoms with E-state index in [-0.39, 0.29) is 12.5 Å². The van der Waals surface area contributed by atoms with Crippen molar-refractivity contribution in [1.29, 1.82) is 0 Å². The first-order chi connectivity index (χ1) is 8.99. The van der Waals surface area contributed by atoms with Crippen LogP contribution in [-0.4, -0.2) is 51.6 Å². The van der Waals surface area contributed by atoms with Crippen molar-refractivity contribution in [2.24, 2.45) is 5.92 Å². The standard InChI is InChI=1S/C11H23N3O4S/c1-3-12-8-10-6-5-7-14(9-10)19(16,17)13-11(15)18-4-2/h10,12H,3-9H2,1-2H3,(H,13,15). The van der Waals surface area contributed by atoms with Crippen LogP contribution in [0.15, 0.2) is 0 Å². The number of ether oxygens (including phenoxy) is 1. The fourth-order valence-corrected chi connectivity index (χ4v) is 3.27. The van der Waals surface area contributed by atoms with Crippen molar-refractivity contribution in [2.45, 2.75) is 26.7 Å². The average Bonchev–Trinajstić information content (AvgIpc) is 2.36. The van der Waals surface area contributed by atoms with E-state index in [1.807, 2.05) is 11.6 Å².